The van der Waals surface area contributed by atoms with E-state index in [4.69, 9.17) is 0 Å². The second kappa shape index (κ2) is 9.57. The van der Waals surface area contributed by atoms with Gasteiger partial charge in [-0.2, -0.15) is 4.31 Å². The molecule has 0 aliphatic carbocycles. The second-order valence-electron chi connectivity index (χ2n) is 8.41. The number of carbonyl (C=O) groups excluding carboxylic acids is 1. The Morgan fingerprint density at radius 2 is 1.62 bits per heavy atom. The van der Waals surface area contributed by atoms with E-state index < -0.39 is 14.9 Å². The van der Waals surface area contributed by atoms with Gasteiger partial charge in [-0.05, 0) is 31.3 Å². The number of aromatic hydroxyl groups is 1. The molecule has 1 N–H and O–H groups in total. The van der Waals surface area contributed by atoms with Crippen LogP contribution in [-0.4, -0.2) is 97.9 Å². The van der Waals surface area contributed by atoms with E-state index in [0.29, 0.717) is 58.0 Å². The number of amides is 1. The molecule has 34 heavy (non-hydrogen) atoms. The predicted molar refractivity (Wildman–Crippen MR) is 126 cm³/mol. The Hall–Kier alpha value is -3.22. The van der Waals surface area contributed by atoms with Crippen molar-refractivity contribution in [2.45, 2.75) is 4.90 Å². The molecule has 11 nitrogen and oxygen atoms in total. The molecule has 182 valence electrons. The minimum absolute atomic E-state index is 0.0947. The van der Waals surface area contributed by atoms with Crippen molar-refractivity contribution in [3.8, 4) is 5.75 Å². The summed E-state index contributed by atoms with van der Waals surface area (Å²) < 4.78 is 27.4. The van der Waals surface area contributed by atoms with Gasteiger partial charge in [0.2, 0.25) is 10.0 Å². The number of carbonyl (C=O) groups is 1. The van der Waals surface area contributed by atoms with Crippen LogP contribution >= 0.6 is 0 Å². The molecule has 0 radical (unpaired) electrons. The minimum atomic E-state index is -3.84. The zero-order valence-corrected chi connectivity index (χ0v) is 19.6. The van der Waals surface area contributed by atoms with Crippen LogP contribution in [0.1, 0.15) is 10.4 Å². The number of likely N-dealkylation sites (N-methyl/N-ethyl adjacent to an activating group) is 1. The van der Waals surface area contributed by atoms with Gasteiger partial charge < -0.3 is 19.8 Å². The van der Waals surface area contributed by atoms with Crippen molar-refractivity contribution in [1.29, 1.82) is 0 Å². The quantitative estimate of drug-likeness (QED) is 0.490. The number of rotatable bonds is 5. The van der Waals surface area contributed by atoms with Gasteiger partial charge in [-0.25, -0.2) is 8.42 Å². The number of sulfonamides is 1. The molecule has 0 aromatic heterocycles. The molecule has 4 rings (SSSR count). The smallest absolute Gasteiger partial charge is 0.293 e. The van der Waals surface area contributed by atoms with Gasteiger partial charge in [0.15, 0.2) is 0 Å². The van der Waals surface area contributed by atoms with Crippen LogP contribution in [0, 0.1) is 10.1 Å². The molecule has 0 bridgehead atoms. The van der Waals surface area contributed by atoms with E-state index in [1.807, 2.05) is 11.9 Å². The fourth-order valence-electron chi connectivity index (χ4n) is 4.23. The third-order valence-electron chi connectivity index (χ3n) is 6.29. The van der Waals surface area contributed by atoms with Gasteiger partial charge in [-0.1, -0.05) is 12.1 Å². The number of hydrogen-bond donors (Lipinski definition) is 1. The Morgan fingerprint density at radius 3 is 2.24 bits per heavy atom. The summed E-state index contributed by atoms with van der Waals surface area (Å²) >= 11 is 0. The number of phenolic OH excluding ortho intramolecular Hbond substituents is 1. The van der Waals surface area contributed by atoms with Crippen molar-refractivity contribution in [2.75, 3.05) is 64.3 Å². The fourth-order valence-corrected chi connectivity index (χ4v) is 5.67. The molecule has 0 spiro atoms. The maximum absolute atomic E-state index is 13.0. The Balaban J connectivity index is 1.51. The Labute approximate surface area is 198 Å². The molecular formula is C22H27N5O6S. The van der Waals surface area contributed by atoms with Crippen LogP contribution < -0.4 is 4.90 Å². The first kappa shape index (κ1) is 23.9. The molecule has 2 aromatic carbocycles. The van der Waals surface area contributed by atoms with E-state index in [1.54, 1.807) is 28.0 Å². The predicted octanol–water partition coefficient (Wildman–Crippen LogP) is 1.20. The number of phenols is 1. The van der Waals surface area contributed by atoms with Gasteiger partial charge in [0.05, 0.1) is 15.4 Å². The van der Waals surface area contributed by atoms with Crippen LogP contribution in [0.15, 0.2) is 47.4 Å². The standard InChI is InChI=1S/C22H27N5O6S/c1-23-8-14-26(15-9-23)34(32,33)17-6-7-19(20(16-17)27(30)31)24-10-12-25(13-11-24)22(29)18-4-2-3-5-21(18)28/h2-7,16,28H,8-15H2,1H3. The lowest BCUT2D eigenvalue weighted by atomic mass is 10.1. The van der Waals surface area contributed by atoms with E-state index in [2.05, 4.69) is 0 Å². The number of para-hydroxylation sites is 1. The molecular weight excluding hydrogens is 462 g/mol. The van der Waals surface area contributed by atoms with E-state index in [9.17, 15) is 28.4 Å². The van der Waals surface area contributed by atoms with Gasteiger partial charge in [-0.15, -0.1) is 0 Å². The minimum Gasteiger partial charge on any atom is -0.507 e. The number of nitro groups is 1. The highest BCUT2D eigenvalue weighted by atomic mass is 32.2. The van der Waals surface area contributed by atoms with Crippen molar-refractivity contribution in [3.63, 3.8) is 0 Å². The summed E-state index contributed by atoms with van der Waals surface area (Å²) in [4.78, 5) is 29.3. The largest absolute Gasteiger partial charge is 0.507 e. The van der Waals surface area contributed by atoms with Crippen molar-refractivity contribution < 1.29 is 23.2 Å². The number of nitro benzene ring substituents is 1. The number of piperazine rings is 2. The first-order valence-corrected chi connectivity index (χ1v) is 12.4. The first-order chi connectivity index (χ1) is 16.2. The lowest BCUT2D eigenvalue weighted by molar-refractivity contribution is -0.384. The third kappa shape index (κ3) is 4.69. The van der Waals surface area contributed by atoms with Crippen molar-refractivity contribution in [3.05, 3.63) is 58.1 Å². The summed E-state index contributed by atoms with van der Waals surface area (Å²) in [5, 5.41) is 21.8. The number of hydrogen-bond acceptors (Lipinski definition) is 8. The average Bonchev–Trinajstić information content (AvgIpc) is 2.84. The average molecular weight is 490 g/mol. The normalized spacial score (nSPS) is 18.1. The van der Waals surface area contributed by atoms with Crippen LogP contribution in [0.4, 0.5) is 11.4 Å². The zero-order valence-electron chi connectivity index (χ0n) is 18.8. The lowest BCUT2D eigenvalue weighted by Gasteiger charge is -2.36. The van der Waals surface area contributed by atoms with E-state index in [-0.39, 0.29) is 27.8 Å². The zero-order chi connectivity index (χ0) is 24.5. The molecule has 0 saturated carbocycles. The van der Waals surface area contributed by atoms with Gasteiger partial charge in [0.1, 0.15) is 11.4 Å². The monoisotopic (exact) mass is 489 g/mol. The maximum Gasteiger partial charge on any atom is 0.293 e. The van der Waals surface area contributed by atoms with Crippen LogP contribution in [0.5, 0.6) is 5.75 Å². The molecule has 0 unspecified atom stereocenters. The molecule has 2 aromatic rings. The maximum atomic E-state index is 13.0. The SMILES string of the molecule is CN1CCN(S(=O)(=O)c2ccc(N3CCN(C(=O)c4ccccc4O)CC3)c([N+](=O)[O-])c2)CC1. The molecule has 2 aliphatic rings. The van der Waals surface area contributed by atoms with Gasteiger partial charge >= 0.3 is 0 Å². The summed E-state index contributed by atoms with van der Waals surface area (Å²) in [6.07, 6.45) is 0. The van der Waals surface area contributed by atoms with E-state index in [1.165, 1.54) is 22.5 Å². The molecule has 2 saturated heterocycles. The van der Waals surface area contributed by atoms with E-state index in [0.717, 1.165) is 6.07 Å². The summed E-state index contributed by atoms with van der Waals surface area (Å²) in [6, 6.07) is 10.3. The number of benzene rings is 2. The summed E-state index contributed by atoms with van der Waals surface area (Å²) in [7, 11) is -1.92. The Morgan fingerprint density at radius 1 is 0.971 bits per heavy atom. The van der Waals surface area contributed by atoms with Gasteiger partial charge in [-0.3, -0.25) is 14.9 Å². The highest BCUT2D eigenvalue weighted by molar-refractivity contribution is 7.89. The third-order valence-corrected chi connectivity index (χ3v) is 8.18. The van der Waals surface area contributed by atoms with Gasteiger partial charge in [0, 0.05) is 58.4 Å². The summed E-state index contributed by atoms with van der Waals surface area (Å²) in [5.74, 6) is -0.399. The second-order valence-corrected chi connectivity index (χ2v) is 10.3. The number of anilines is 1. The highest BCUT2D eigenvalue weighted by Gasteiger charge is 2.32. The molecule has 1 amide bonds. The topological polar surface area (TPSA) is 128 Å². The van der Waals surface area contributed by atoms with Crippen molar-refractivity contribution in [2.24, 2.45) is 0 Å². The van der Waals surface area contributed by atoms with Crippen LogP contribution in [0.3, 0.4) is 0 Å². The molecule has 2 fully saturated rings. The summed E-state index contributed by atoms with van der Waals surface area (Å²) in [6.45, 7) is 3.17. The van der Waals surface area contributed by atoms with Crippen LogP contribution in [0.25, 0.3) is 0 Å². The van der Waals surface area contributed by atoms with Gasteiger partial charge in [0.25, 0.3) is 11.6 Å². The van der Waals surface area contributed by atoms with Crippen molar-refractivity contribution in [1.82, 2.24) is 14.1 Å². The van der Waals surface area contributed by atoms with Crippen molar-refractivity contribution >= 4 is 27.3 Å². The lowest BCUT2D eigenvalue weighted by Crippen LogP contribution is -2.49. The molecule has 2 aliphatic heterocycles. The fraction of sp³-hybridized carbons (Fsp3) is 0.409. The molecule has 0 atom stereocenters. The van der Waals surface area contributed by atoms with Crippen LogP contribution in [-0.2, 0) is 10.0 Å². The van der Waals surface area contributed by atoms with Crippen LogP contribution in [0.2, 0.25) is 0 Å². The molecule has 2 heterocycles. The highest BCUT2D eigenvalue weighted by Crippen LogP contribution is 2.33. The Kier molecular flexibility index (Phi) is 6.73. The van der Waals surface area contributed by atoms with E-state index >= 15 is 0 Å². The Bertz CT molecular complexity index is 1190. The first-order valence-electron chi connectivity index (χ1n) is 11.0. The summed E-state index contributed by atoms with van der Waals surface area (Å²) in [5.41, 5.74) is 0.244. The number of nitrogens with zero attached hydrogens (tertiary/aromatic N) is 5. The molecule has 12 heteroatoms.